The lowest BCUT2D eigenvalue weighted by molar-refractivity contribution is 0.0954. The number of hydrogen-bond acceptors (Lipinski definition) is 3. The Morgan fingerprint density at radius 1 is 1.32 bits per heavy atom. The van der Waals surface area contributed by atoms with Crippen LogP contribution in [0.1, 0.15) is 30.6 Å². The molecule has 0 saturated carbocycles. The number of carbonyl (C=O) groups is 1. The van der Waals surface area contributed by atoms with Gasteiger partial charge in [-0.15, -0.1) is 0 Å². The minimum absolute atomic E-state index is 0.0820. The lowest BCUT2D eigenvalue weighted by Crippen LogP contribution is -2.24. The van der Waals surface area contributed by atoms with Crippen LogP contribution in [0.25, 0.3) is 10.9 Å². The van der Waals surface area contributed by atoms with Crippen molar-refractivity contribution in [2.75, 3.05) is 13.2 Å². The van der Waals surface area contributed by atoms with E-state index in [0.717, 1.165) is 17.3 Å². The number of pyridine rings is 1. The van der Waals surface area contributed by atoms with Crippen molar-refractivity contribution in [1.82, 2.24) is 10.3 Å². The van der Waals surface area contributed by atoms with Gasteiger partial charge >= 0.3 is 0 Å². The Morgan fingerprint density at radius 3 is 2.84 bits per heavy atom. The van der Waals surface area contributed by atoms with Crippen LogP contribution in [0.15, 0.2) is 30.3 Å². The molecular weight excluding hydrogens is 240 g/mol. The van der Waals surface area contributed by atoms with E-state index < -0.39 is 0 Å². The summed E-state index contributed by atoms with van der Waals surface area (Å²) in [6.07, 6.45) is 0.910. The topological polar surface area (TPSA) is 51.2 Å². The van der Waals surface area contributed by atoms with Gasteiger partial charge in [0, 0.05) is 18.0 Å². The molecule has 2 aromatic rings. The van der Waals surface area contributed by atoms with Crippen molar-refractivity contribution >= 4 is 16.8 Å². The predicted molar refractivity (Wildman–Crippen MR) is 75.5 cm³/mol. The van der Waals surface area contributed by atoms with E-state index in [-0.39, 0.29) is 5.91 Å². The third kappa shape index (κ3) is 3.02. The molecule has 100 valence electrons. The minimum atomic E-state index is -0.0820. The summed E-state index contributed by atoms with van der Waals surface area (Å²) >= 11 is 0. The Morgan fingerprint density at radius 2 is 2.11 bits per heavy atom. The first-order valence-electron chi connectivity index (χ1n) is 6.57. The maximum atomic E-state index is 12.2. The van der Waals surface area contributed by atoms with Gasteiger partial charge in [-0.25, -0.2) is 4.98 Å². The first-order valence-corrected chi connectivity index (χ1v) is 6.57. The summed E-state index contributed by atoms with van der Waals surface area (Å²) in [4.78, 5) is 16.6. The molecule has 0 bridgehead atoms. The Labute approximate surface area is 112 Å². The number of rotatable bonds is 5. The molecule has 1 amide bonds. The van der Waals surface area contributed by atoms with Gasteiger partial charge in [0.2, 0.25) is 5.88 Å². The smallest absolute Gasteiger partial charge is 0.252 e. The largest absolute Gasteiger partial charge is 0.478 e. The summed E-state index contributed by atoms with van der Waals surface area (Å²) in [5.41, 5.74) is 1.39. The highest BCUT2D eigenvalue weighted by atomic mass is 16.5. The van der Waals surface area contributed by atoms with Gasteiger partial charge in [-0.05, 0) is 19.4 Å². The number of hydrogen-bond donors (Lipinski definition) is 1. The van der Waals surface area contributed by atoms with Gasteiger partial charge in [-0.3, -0.25) is 4.79 Å². The van der Waals surface area contributed by atoms with E-state index in [1.807, 2.05) is 38.1 Å². The number of carbonyl (C=O) groups excluding carboxylic acids is 1. The maximum Gasteiger partial charge on any atom is 0.252 e. The van der Waals surface area contributed by atoms with Gasteiger partial charge in [0.25, 0.3) is 5.91 Å². The Hall–Kier alpha value is -2.10. The third-order valence-corrected chi connectivity index (χ3v) is 2.77. The molecular formula is C15H18N2O2. The average Bonchev–Trinajstić information content (AvgIpc) is 2.44. The zero-order valence-electron chi connectivity index (χ0n) is 11.3. The highest BCUT2D eigenvalue weighted by Crippen LogP contribution is 2.22. The molecule has 1 heterocycles. The molecule has 0 aliphatic carbocycles. The molecule has 2 rings (SSSR count). The van der Waals surface area contributed by atoms with Crippen LogP contribution in [0.4, 0.5) is 0 Å². The van der Waals surface area contributed by atoms with Crippen LogP contribution in [-0.4, -0.2) is 24.0 Å². The lowest BCUT2D eigenvalue weighted by atomic mass is 10.1. The van der Waals surface area contributed by atoms with Gasteiger partial charge in [0.1, 0.15) is 0 Å². The zero-order chi connectivity index (χ0) is 13.7. The third-order valence-electron chi connectivity index (χ3n) is 2.77. The highest BCUT2D eigenvalue weighted by Gasteiger charge is 2.12. The van der Waals surface area contributed by atoms with E-state index in [9.17, 15) is 4.79 Å². The minimum Gasteiger partial charge on any atom is -0.478 e. The second-order valence-electron chi connectivity index (χ2n) is 4.21. The van der Waals surface area contributed by atoms with Crippen LogP contribution in [0.5, 0.6) is 5.88 Å². The fourth-order valence-electron chi connectivity index (χ4n) is 1.89. The number of fused-ring (bicyclic) bond motifs is 1. The van der Waals surface area contributed by atoms with E-state index >= 15 is 0 Å². The molecule has 0 atom stereocenters. The molecule has 4 heteroatoms. The Kier molecular flexibility index (Phi) is 4.34. The summed E-state index contributed by atoms with van der Waals surface area (Å²) in [6.45, 7) is 5.12. The van der Waals surface area contributed by atoms with E-state index in [4.69, 9.17) is 4.74 Å². The van der Waals surface area contributed by atoms with Gasteiger partial charge < -0.3 is 10.1 Å². The molecule has 0 saturated heterocycles. The van der Waals surface area contributed by atoms with Gasteiger partial charge in [0.15, 0.2) is 0 Å². The number of ether oxygens (including phenoxy) is 1. The van der Waals surface area contributed by atoms with Crippen LogP contribution >= 0.6 is 0 Å². The van der Waals surface area contributed by atoms with Gasteiger partial charge in [-0.1, -0.05) is 25.1 Å². The molecule has 0 fully saturated rings. The molecule has 4 nitrogen and oxygen atoms in total. The fraction of sp³-hybridized carbons (Fsp3) is 0.333. The lowest BCUT2D eigenvalue weighted by Gasteiger charge is -2.10. The van der Waals surface area contributed by atoms with E-state index in [2.05, 4.69) is 10.3 Å². The molecule has 0 unspecified atom stereocenters. The molecule has 1 aromatic carbocycles. The summed E-state index contributed by atoms with van der Waals surface area (Å²) in [5.74, 6) is 0.407. The van der Waals surface area contributed by atoms with Crippen molar-refractivity contribution in [3.05, 3.63) is 35.9 Å². The first kappa shape index (κ1) is 13.3. The van der Waals surface area contributed by atoms with E-state index in [0.29, 0.717) is 24.6 Å². The van der Waals surface area contributed by atoms with Crippen LogP contribution in [-0.2, 0) is 0 Å². The van der Waals surface area contributed by atoms with Crippen LogP contribution in [0.2, 0.25) is 0 Å². The summed E-state index contributed by atoms with van der Waals surface area (Å²) in [6, 6.07) is 9.30. The van der Waals surface area contributed by atoms with Gasteiger partial charge in [-0.2, -0.15) is 0 Å². The zero-order valence-corrected chi connectivity index (χ0v) is 11.3. The number of nitrogens with zero attached hydrogens (tertiary/aromatic N) is 1. The monoisotopic (exact) mass is 258 g/mol. The number of amides is 1. The van der Waals surface area contributed by atoms with Crippen molar-refractivity contribution in [3.63, 3.8) is 0 Å². The highest BCUT2D eigenvalue weighted by molar-refractivity contribution is 6.06. The second-order valence-corrected chi connectivity index (χ2v) is 4.21. The predicted octanol–water partition coefficient (Wildman–Crippen LogP) is 2.77. The Bertz CT molecular complexity index is 581. The number of benzene rings is 1. The Balaban J connectivity index is 2.46. The average molecular weight is 258 g/mol. The van der Waals surface area contributed by atoms with Crippen LogP contribution < -0.4 is 10.1 Å². The number of aromatic nitrogens is 1. The van der Waals surface area contributed by atoms with Crippen molar-refractivity contribution in [1.29, 1.82) is 0 Å². The molecule has 0 aliphatic rings. The second kappa shape index (κ2) is 6.18. The van der Waals surface area contributed by atoms with Crippen LogP contribution in [0.3, 0.4) is 0 Å². The molecule has 19 heavy (non-hydrogen) atoms. The summed E-state index contributed by atoms with van der Waals surface area (Å²) in [5, 5.41) is 3.73. The first-order chi connectivity index (χ1) is 9.26. The normalized spacial score (nSPS) is 10.4. The van der Waals surface area contributed by atoms with E-state index in [1.54, 1.807) is 6.07 Å². The molecule has 0 spiro atoms. The van der Waals surface area contributed by atoms with Crippen molar-refractivity contribution in [2.24, 2.45) is 0 Å². The van der Waals surface area contributed by atoms with Crippen LogP contribution in [0, 0.1) is 0 Å². The molecule has 0 radical (unpaired) electrons. The molecule has 1 aromatic heterocycles. The SMILES string of the molecule is CCCNC(=O)c1cc(OCC)nc2ccccc12. The summed E-state index contributed by atoms with van der Waals surface area (Å²) in [7, 11) is 0. The standard InChI is InChI=1S/C15H18N2O2/c1-3-9-16-15(18)12-10-14(19-4-2)17-13-8-6-5-7-11(12)13/h5-8,10H,3-4,9H2,1-2H3,(H,16,18). The summed E-state index contributed by atoms with van der Waals surface area (Å²) < 4.78 is 5.42. The fourth-order valence-corrected chi connectivity index (χ4v) is 1.89. The van der Waals surface area contributed by atoms with Crippen molar-refractivity contribution < 1.29 is 9.53 Å². The maximum absolute atomic E-state index is 12.2. The quantitative estimate of drug-likeness (QED) is 0.897. The van der Waals surface area contributed by atoms with Crippen molar-refractivity contribution in [2.45, 2.75) is 20.3 Å². The van der Waals surface area contributed by atoms with E-state index in [1.165, 1.54) is 0 Å². The number of para-hydroxylation sites is 1. The van der Waals surface area contributed by atoms with Gasteiger partial charge in [0.05, 0.1) is 17.7 Å². The molecule has 0 aliphatic heterocycles. The molecule has 1 N–H and O–H groups in total. The number of nitrogens with one attached hydrogen (secondary N) is 1. The van der Waals surface area contributed by atoms with Crippen molar-refractivity contribution in [3.8, 4) is 5.88 Å².